The van der Waals surface area contributed by atoms with Crippen LogP contribution in [0.5, 0.6) is 0 Å². The summed E-state index contributed by atoms with van der Waals surface area (Å²) in [5, 5.41) is 17.1. The standard InChI is InChI=1S/C19H12F2N2O4S2/c20-18-9-14(11-22)1-3-16(18)5-7-28(24,25)13-29(26,27)8-6-17-4-2-15(12-23)10-19(17)21/h1-10H,13H2. The number of rotatable bonds is 6. The molecule has 0 aromatic heterocycles. The highest BCUT2D eigenvalue weighted by Crippen LogP contribution is 2.15. The lowest BCUT2D eigenvalue weighted by atomic mass is 10.1. The van der Waals surface area contributed by atoms with Gasteiger partial charge in [0.2, 0.25) is 0 Å². The Morgan fingerprint density at radius 3 is 1.45 bits per heavy atom. The zero-order valence-corrected chi connectivity index (χ0v) is 16.2. The van der Waals surface area contributed by atoms with E-state index in [9.17, 15) is 25.6 Å². The fourth-order valence-electron chi connectivity index (χ4n) is 2.13. The van der Waals surface area contributed by atoms with E-state index in [1.807, 2.05) is 0 Å². The molecule has 2 rings (SSSR count). The van der Waals surface area contributed by atoms with Crippen molar-refractivity contribution in [2.24, 2.45) is 0 Å². The van der Waals surface area contributed by atoms with Gasteiger partial charge in [-0.05, 0) is 36.4 Å². The molecular weight excluding hydrogens is 422 g/mol. The second kappa shape index (κ2) is 8.78. The SMILES string of the molecule is N#Cc1ccc(C=CS(=O)(=O)CS(=O)(=O)C=Cc2ccc(C#N)cc2F)c(F)c1. The minimum Gasteiger partial charge on any atom is -0.223 e. The fourth-order valence-corrected chi connectivity index (χ4v) is 5.29. The van der Waals surface area contributed by atoms with E-state index in [1.165, 1.54) is 24.3 Å². The molecule has 2 aromatic carbocycles. The molecule has 6 nitrogen and oxygen atoms in total. The molecular formula is C19H12F2N2O4S2. The van der Waals surface area contributed by atoms with Crippen LogP contribution < -0.4 is 0 Å². The second-order valence-electron chi connectivity index (χ2n) is 5.75. The van der Waals surface area contributed by atoms with E-state index in [1.54, 1.807) is 12.1 Å². The Bertz CT molecular complexity index is 1200. The molecule has 0 atom stereocenters. The second-order valence-corrected chi connectivity index (χ2v) is 9.88. The van der Waals surface area contributed by atoms with Gasteiger partial charge in [0.25, 0.3) is 0 Å². The van der Waals surface area contributed by atoms with E-state index < -0.39 is 36.4 Å². The molecule has 0 saturated heterocycles. The summed E-state index contributed by atoms with van der Waals surface area (Å²) >= 11 is 0. The van der Waals surface area contributed by atoms with Gasteiger partial charge in [-0.1, -0.05) is 12.1 Å². The third kappa shape index (κ3) is 6.35. The monoisotopic (exact) mass is 434 g/mol. The van der Waals surface area contributed by atoms with Crippen molar-refractivity contribution >= 4 is 31.8 Å². The van der Waals surface area contributed by atoms with Crippen molar-refractivity contribution in [3.05, 3.63) is 81.1 Å². The predicted molar refractivity (Wildman–Crippen MR) is 103 cm³/mol. The lowest BCUT2D eigenvalue weighted by molar-refractivity contribution is 0.598. The van der Waals surface area contributed by atoms with Crippen LogP contribution in [0.4, 0.5) is 8.78 Å². The van der Waals surface area contributed by atoms with Gasteiger partial charge >= 0.3 is 0 Å². The van der Waals surface area contributed by atoms with Gasteiger partial charge in [0.15, 0.2) is 24.8 Å². The zero-order chi connectivity index (χ0) is 21.7. The summed E-state index contributed by atoms with van der Waals surface area (Å²) in [7, 11) is -8.57. The van der Waals surface area contributed by atoms with Crippen LogP contribution in [0.1, 0.15) is 22.3 Å². The summed E-state index contributed by atoms with van der Waals surface area (Å²) in [5.41, 5.74) is -0.184. The molecule has 29 heavy (non-hydrogen) atoms. The number of nitrogens with zero attached hydrogens (tertiary/aromatic N) is 2. The van der Waals surface area contributed by atoms with E-state index in [4.69, 9.17) is 10.5 Å². The third-order valence-electron chi connectivity index (χ3n) is 3.50. The molecule has 0 heterocycles. The molecule has 0 saturated carbocycles. The first-order valence-corrected chi connectivity index (χ1v) is 11.2. The Kier molecular flexibility index (Phi) is 6.64. The molecule has 148 valence electrons. The third-order valence-corrected chi connectivity index (χ3v) is 7.23. The molecule has 0 amide bonds. The molecule has 0 fully saturated rings. The number of hydrogen-bond acceptors (Lipinski definition) is 6. The number of halogens is 2. The van der Waals surface area contributed by atoms with Gasteiger partial charge in [0, 0.05) is 21.9 Å². The van der Waals surface area contributed by atoms with E-state index in [2.05, 4.69) is 0 Å². The maximum Gasteiger partial charge on any atom is 0.186 e. The average molecular weight is 434 g/mol. The van der Waals surface area contributed by atoms with Gasteiger partial charge in [-0.3, -0.25) is 0 Å². The van der Waals surface area contributed by atoms with Crippen LogP contribution in [0.2, 0.25) is 0 Å². The topological polar surface area (TPSA) is 116 Å². The number of nitriles is 2. The van der Waals surface area contributed by atoms with Crippen LogP contribution >= 0.6 is 0 Å². The van der Waals surface area contributed by atoms with Crippen LogP contribution in [0.25, 0.3) is 12.2 Å². The molecule has 0 radical (unpaired) electrons. The first-order valence-electron chi connectivity index (χ1n) is 7.76. The Morgan fingerprint density at radius 1 is 0.759 bits per heavy atom. The number of hydrogen-bond donors (Lipinski definition) is 0. The minimum atomic E-state index is -4.28. The number of benzene rings is 2. The van der Waals surface area contributed by atoms with Gasteiger partial charge in [-0.2, -0.15) is 10.5 Å². The summed E-state index contributed by atoms with van der Waals surface area (Å²) in [4.78, 5) is 0. The van der Waals surface area contributed by atoms with Crippen molar-refractivity contribution in [1.82, 2.24) is 0 Å². The average Bonchev–Trinajstić information content (AvgIpc) is 2.65. The largest absolute Gasteiger partial charge is 0.223 e. The minimum absolute atomic E-state index is 0.0465. The van der Waals surface area contributed by atoms with Gasteiger partial charge in [0.05, 0.1) is 23.3 Å². The van der Waals surface area contributed by atoms with Gasteiger partial charge in [0.1, 0.15) is 11.6 Å². The molecule has 0 spiro atoms. The number of sulfone groups is 2. The van der Waals surface area contributed by atoms with Gasteiger partial charge < -0.3 is 0 Å². The van der Waals surface area contributed by atoms with Crippen molar-refractivity contribution < 1.29 is 25.6 Å². The van der Waals surface area contributed by atoms with E-state index >= 15 is 0 Å². The van der Waals surface area contributed by atoms with E-state index in [-0.39, 0.29) is 22.3 Å². The first kappa shape index (κ1) is 22.0. The van der Waals surface area contributed by atoms with Crippen molar-refractivity contribution in [1.29, 1.82) is 10.5 Å². The van der Waals surface area contributed by atoms with Gasteiger partial charge in [-0.15, -0.1) is 0 Å². The molecule has 0 aliphatic rings. The molecule has 0 aliphatic heterocycles. The highest BCUT2D eigenvalue weighted by atomic mass is 32.3. The lowest BCUT2D eigenvalue weighted by Gasteiger charge is -2.00. The normalized spacial score (nSPS) is 12.1. The zero-order valence-electron chi connectivity index (χ0n) is 14.6. The van der Waals surface area contributed by atoms with E-state index in [0.29, 0.717) is 10.8 Å². The highest BCUT2D eigenvalue weighted by molar-refractivity contribution is 8.10. The van der Waals surface area contributed by atoms with Crippen molar-refractivity contribution in [3.63, 3.8) is 0 Å². The van der Waals surface area contributed by atoms with E-state index in [0.717, 1.165) is 24.3 Å². The van der Waals surface area contributed by atoms with Crippen LogP contribution in [0, 0.1) is 34.3 Å². The van der Waals surface area contributed by atoms with Crippen molar-refractivity contribution in [2.45, 2.75) is 0 Å². The molecule has 0 N–H and O–H groups in total. The van der Waals surface area contributed by atoms with Crippen LogP contribution in [-0.4, -0.2) is 21.9 Å². The Labute approximate surface area is 166 Å². The summed E-state index contributed by atoms with van der Waals surface area (Å²) in [5.74, 6) is -1.68. The van der Waals surface area contributed by atoms with Crippen LogP contribution in [0.15, 0.2) is 47.2 Å². The summed E-state index contributed by atoms with van der Waals surface area (Å²) in [6.07, 6.45) is 1.76. The van der Waals surface area contributed by atoms with Gasteiger partial charge in [-0.25, -0.2) is 25.6 Å². The first-order chi connectivity index (χ1) is 13.5. The lowest BCUT2D eigenvalue weighted by Crippen LogP contribution is -2.11. The molecule has 0 bridgehead atoms. The van der Waals surface area contributed by atoms with Crippen molar-refractivity contribution in [3.8, 4) is 12.1 Å². The van der Waals surface area contributed by atoms with Crippen molar-refractivity contribution in [2.75, 3.05) is 5.08 Å². The highest BCUT2D eigenvalue weighted by Gasteiger charge is 2.18. The summed E-state index contributed by atoms with van der Waals surface area (Å²) < 4.78 is 75.7. The maximum atomic E-state index is 13.8. The Hall–Kier alpha value is -3.34. The predicted octanol–water partition coefficient (Wildman–Crippen LogP) is 3.14. The fraction of sp³-hybridized carbons (Fsp3) is 0.0526. The van der Waals surface area contributed by atoms with Crippen LogP contribution in [0.3, 0.4) is 0 Å². The molecule has 2 aromatic rings. The smallest absolute Gasteiger partial charge is 0.186 e. The summed E-state index contributed by atoms with van der Waals surface area (Å²) in [6.45, 7) is 0. The molecule has 10 heteroatoms. The van der Waals surface area contributed by atoms with Crippen LogP contribution in [-0.2, 0) is 19.7 Å². The maximum absolute atomic E-state index is 13.8. The Morgan fingerprint density at radius 2 is 1.14 bits per heavy atom. The Balaban J connectivity index is 2.18. The quantitative estimate of drug-likeness (QED) is 0.690. The molecule has 0 unspecified atom stereocenters. The summed E-state index contributed by atoms with van der Waals surface area (Å²) in [6, 6.07) is 10.2. The molecule has 0 aliphatic carbocycles.